The number of aromatic amines is 1. The van der Waals surface area contributed by atoms with E-state index in [1.807, 2.05) is 12.1 Å². The van der Waals surface area contributed by atoms with Crippen molar-refractivity contribution in [2.75, 3.05) is 32.7 Å². The van der Waals surface area contributed by atoms with Gasteiger partial charge >= 0.3 is 5.97 Å². The molecule has 8 rings (SSSR count). The molecular weight excluding hydrogens is 759 g/mol. The first-order valence-corrected chi connectivity index (χ1v) is 24.6. The van der Waals surface area contributed by atoms with Gasteiger partial charge < -0.3 is 29.9 Å². The lowest BCUT2D eigenvalue weighted by molar-refractivity contribution is -0.167. The Morgan fingerprint density at radius 2 is 1.81 bits per heavy atom. The summed E-state index contributed by atoms with van der Waals surface area (Å²) < 4.78 is 13.3. The van der Waals surface area contributed by atoms with Gasteiger partial charge in [-0.15, -0.1) is 0 Å². The second-order valence-corrected chi connectivity index (χ2v) is 23.4. The molecule has 4 aromatic rings. The maximum Gasteiger partial charge on any atom is 0.316 e. The summed E-state index contributed by atoms with van der Waals surface area (Å²) in [4.78, 5) is 49.0. The zero-order chi connectivity index (χ0) is 41.8. The number of phenols is 1. The van der Waals surface area contributed by atoms with Gasteiger partial charge in [-0.25, -0.2) is 0 Å². The number of aromatic hydroxyl groups is 1. The topological polar surface area (TPSA) is 146 Å². The number of carbonyl (C=O) groups is 2. The third-order valence-electron chi connectivity index (χ3n) is 13.6. The lowest BCUT2D eigenvalue weighted by Gasteiger charge is -2.45. The Balaban J connectivity index is 0.919. The molecular formula is C47H63N5O6Si. The molecule has 1 amide bonds. The summed E-state index contributed by atoms with van der Waals surface area (Å²) in [6.45, 7) is 15.6. The van der Waals surface area contributed by atoms with Crippen molar-refractivity contribution in [3.8, 4) is 5.75 Å². The van der Waals surface area contributed by atoms with E-state index >= 15 is 0 Å². The zero-order valence-corrected chi connectivity index (χ0v) is 36.6. The first-order valence-electron chi connectivity index (χ1n) is 21.7. The van der Waals surface area contributed by atoms with Crippen molar-refractivity contribution in [3.63, 3.8) is 0 Å². The number of ether oxygens (including phenoxy) is 1. The van der Waals surface area contributed by atoms with Crippen LogP contribution in [-0.2, 0) is 32.3 Å². The maximum atomic E-state index is 14.0. The highest BCUT2D eigenvalue weighted by Gasteiger charge is 2.46. The molecule has 11 nitrogen and oxygen atoms in total. The molecule has 1 aliphatic carbocycles. The molecule has 1 unspecified atom stereocenters. The normalized spacial score (nSPS) is 20.9. The molecule has 0 radical (unpaired) electrons. The molecule has 4 fully saturated rings. The average Bonchev–Trinajstić information content (AvgIpc) is 3.23. The monoisotopic (exact) mass is 821 g/mol. The molecule has 1 saturated carbocycles. The van der Waals surface area contributed by atoms with Gasteiger partial charge in [0.05, 0.1) is 28.3 Å². The van der Waals surface area contributed by atoms with Crippen LogP contribution < -0.4 is 16.2 Å². The van der Waals surface area contributed by atoms with Gasteiger partial charge in [-0.2, -0.15) is 0 Å². The van der Waals surface area contributed by atoms with Gasteiger partial charge in [0.1, 0.15) is 11.9 Å². The number of carbonyl (C=O) groups excluding carboxylic acids is 2. The van der Waals surface area contributed by atoms with Crippen LogP contribution in [0.15, 0.2) is 71.7 Å². The summed E-state index contributed by atoms with van der Waals surface area (Å²) in [6.07, 6.45) is 9.99. The SMILES string of the molecule is CC(C)(C)[Si](C)(C)O[C@@H](CNCc1ccc(C(=O)NCCCc2cccc(C3(C(=O)OC4CN5CCC4CC5)CCCCC3)c2)cn1)c1ccc(O)c2[nH]c(=O)ccc12. The molecule has 3 saturated heterocycles. The fraction of sp³-hybridized carbons (Fsp3) is 0.532. The van der Waals surface area contributed by atoms with Gasteiger partial charge in [0.15, 0.2) is 8.32 Å². The summed E-state index contributed by atoms with van der Waals surface area (Å²) in [5, 5.41) is 17.8. The summed E-state index contributed by atoms with van der Waals surface area (Å²) in [5.41, 5.74) is 3.95. The van der Waals surface area contributed by atoms with Crippen molar-refractivity contribution in [2.24, 2.45) is 5.92 Å². The number of piperidine rings is 3. The molecule has 12 heteroatoms. The van der Waals surface area contributed by atoms with Crippen LogP contribution in [0, 0.1) is 5.92 Å². The van der Waals surface area contributed by atoms with E-state index < -0.39 is 13.7 Å². The number of esters is 1. The molecule has 0 spiro atoms. The molecule has 3 aliphatic heterocycles. The van der Waals surface area contributed by atoms with Crippen LogP contribution in [0.5, 0.6) is 5.75 Å². The Bertz CT molecular complexity index is 2150. The van der Waals surface area contributed by atoms with Crippen LogP contribution in [0.1, 0.15) is 111 Å². The van der Waals surface area contributed by atoms with E-state index in [0.29, 0.717) is 36.6 Å². The Labute approximate surface area is 349 Å². The number of hydrogen-bond acceptors (Lipinski definition) is 9. The Morgan fingerprint density at radius 1 is 1.03 bits per heavy atom. The highest BCUT2D eigenvalue weighted by molar-refractivity contribution is 6.74. The van der Waals surface area contributed by atoms with Crippen molar-refractivity contribution in [1.82, 2.24) is 25.5 Å². The second-order valence-electron chi connectivity index (χ2n) is 18.6. The average molecular weight is 822 g/mol. The highest BCUT2D eigenvalue weighted by Crippen LogP contribution is 2.43. The van der Waals surface area contributed by atoms with Crippen LogP contribution in [0.2, 0.25) is 18.1 Å². The molecule has 4 N–H and O–H groups in total. The number of pyridine rings is 2. The van der Waals surface area contributed by atoms with Gasteiger partial charge in [-0.1, -0.05) is 70.4 Å². The second kappa shape index (κ2) is 18.1. The molecule has 5 heterocycles. The van der Waals surface area contributed by atoms with Crippen LogP contribution in [-0.4, -0.2) is 79.0 Å². The zero-order valence-electron chi connectivity index (χ0n) is 35.6. The minimum atomic E-state index is -2.22. The Hall–Kier alpha value is -4.36. The number of fused-ring (bicyclic) bond motifs is 4. The summed E-state index contributed by atoms with van der Waals surface area (Å²) >= 11 is 0. The quantitative estimate of drug-likeness (QED) is 0.0539. The predicted octanol–water partition coefficient (Wildman–Crippen LogP) is 7.68. The molecule has 2 aromatic heterocycles. The van der Waals surface area contributed by atoms with E-state index in [-0.39, 0.29) is 40.4 Å². The van der Waals surface area contributed by atoms with Crippen molar-refractivity contribution >= 4 is 31.1 Å². The number of nitrogens with one attached hydrogen (secondary N) is 3. The fourth-order valence-electron chi connectivity index (χ4n) is 8.96. The van der Waals surface area contributed by atoms with Crippen LogP contribution in [0.4, 0.5) is 0 Å². The number of hydrogen-bond donors (Lipinski definition) is 4. The standard InChI is InChI=1S/C47H63N5O6Si/c1-46(2,3)59(4,5)58-40(37-16-18-39(53)43-38(37)17-19-42(54)51-43)30-48-29-36-15-14-34(28-50-36)44(55)49-24-10-12-32-11-9-13-35(27-32)47(22-7-6-8-23-47)45(56)57-41-31-52-25-20-33(41)21-26-52/h9,11,13-19,27-28,33,40-41,48,53H,6-8,10,12,20-26,29-31H2,1-5H3,(H,49,55)(H,51,54)/t40-,41?/m0/s1. The third kappa shape index (κ3) is 9.83. The van der Waals surface area contributed by atoms with E-state index in [2.05, 4.69) is 83.6 Å². The molecule has 2 atom stereocenters. The first kappa shape index (κ1) is 42.8. The van der Waals surface area contributed by atoms with E-state index in [9.17, 15) is 19.5 Å². The minimum Gasteiger partial charge on any atom is -0.506 e. The number of nitrogens with zero attached hydrogens (tertiary/aromatic N) is 2. The number of aromatic nitrogens is 2. The highest BCUT2D eigenvalue weighted by atomic mass is 28.4. The summed E-state index contributed by atoms with van der Waals surface area (Å²) in [5.74, 6) is 0.311. The first-order chi connectivity index (χ1) is 28.2. The Kier molecular flexibility index (Phi) is 13.1. The number of amides is 1. The van der Waals surface area contributed by atoms with E-state index in [1.54, 1.807) is 24.4 Å². The van der Waals surface area contributed by atoms with Crippen molar-refractivity contribution in [3.05, 3.63) is 105 Å². The van der Waals surface area contributed by atoms with E-state index in [1.165, 1.54) is 11.6 Å². The maximum absolute atomic E-state index is 14.0. The van der Waals surface area contributed by atoms with Gasteiger partial charge in [-0.3, -0.25) is 24.3 Å². The molecule has 2 aromatic carbocycles. The van der Waals surface area contributed by atoms with Crippen LogP contribution >= 0.6 is 0 Å². The van der Waals surface area contributed by atoms with Gasteiger partial charge in [-0.05, 0) is 117 Å². The molecule has 316 valence electrons. The number of rotatable bonds is 15. The van der Waals surface area contributed by atoms with Crippen molar-refractivity contribution < 1.29 is 23.9 Å². The fourth-order valence-corrected chi connectivity index (χ4v) is 10.2. The molecule has 2 bridgehead atoms. The van der Waals surface area contributed by atoms with E-state index in [4.69, 9.17) is 9.16 Å². The third-order valence-corrected chi connectivity index (χ3v) is 18.1. The summed E-state index contributed by atoms with van der Waals surface area (Å²) in [7, 11) is -2.22. The van der Waals surface area contributed by atoms with Crippen LogP contribution in [0.3, 0.4) is 0 Å². The summed E-state index contributed by atoms with van der Waals surface area (Å²) in [6, 6.07) is 18.8. The van der Waals surface area contributed by atoms with Gasteiger partial charge in [0, 0.05) is 43.8 Å². The van der Waals surface area contributed by atoms with Gasteiger partial charge in [0.2, 0.25) is 5.56 Å². The molecule has 59 heavy (non-hydrogen) atoms. The largest absolute Gasteiger partial charge is 0.506 e. The number of H-pyrrole nitrogens is 1. The lowest BCUT2D eigenvalue weighted by atomic mass is 9.69. The molecule has 4 aliphatic rings. The lowest BCUT2D eigenvalue weighted by Crippen LogP contribution is -2.53. The smallest absolute Gasteiger partial charge is 0.316 e. The number of benzene rings is 2. The predicted molar refractivity (Wildman–Crippen MR) is 234 cm³/mol. The van der Waals surface area contributed by atoms with E-state index in [0.717, 1.165) is 99.6 Å². The number of phenolic OH excluding ortho intramolecular Hbond substituents is 1. The van der Waals surface area contributed by atoms with Crippen molar-refractivity contribution in [1.29, 1.82) is 0 Å². The minimum absolute atomic E-state index is 0.0124. The Morgan fingerprint density at radius 3 is 2.51 bits per heavy atom. The van der Waals surface area contributed by atoms with Gasteiger partial charge in [0.25, 0.3) is 5.91 Å². The number of aryl methyl sites for hydroxylation is 1. The van der Waals surface area contributed by atoms with Crippen LogP contribution in [0.25, 0.3) is 10.9 Å². The van der Waals surface area contributed by atoms with Crippen molar-refractivity contribution in [2.45, 2.75) is 121 Å².